The van der Waals surface area contributed by atoms with Crippen molar-refractivity contribution in [3.8, 4) is 0 Å². The van der Waals surface area contributed by atoms with E-state index >= 15 is 0 Å². The standard InChI is InChI=1S/C16H20N2O6/c19-16(24-8-4-7-12-5-2-1-3-6-12)13-9-14(17(20)21)11-15(10-13)18(22)23/h9-12H,1-8H2. The Morgan fingerprint density at radius 3 is 2.17 bits per heavy atom. The lowest BCUT2D eigenvalue weighted by molar-refractivity contribution is -0.394. The highest BCUT2D eigenvalue weighted by Gasteiger charge is 2.21. The van der Waals surface area contributed by atoms with E-state index in [0.717, 1.165) is 31.0 Å². The number of ether oxygens (including phenoxy) is 1. The van der Waals surface area contributed by atoms with Gasteiger partial charge in [-0.15, -0.1) is 0 Å². The molecule has 24 heavy (non-hydrogen) atoms. The van der Waals surface area contributed by atoms with E-state index in [1.807, 2.05) is 0 Å². The van der Waals surface area contributed by atoms with Gasteiger partial charge in [0.15, 0.2) is 0 Å². The van der Waals surface area contributed by atoms with Gasteiger partial charge in [-0.05, 0) is 18.8 Å². The molecule has 1 saturated carbocycles. The quantitative estimate of drug-likeness (QED) is 0.321. The molecule has 1 fully saturated rings. The number of rotatable bonds is 7. The van der Waals surface area contributed by atoms with E-state index in [9.17, 15) is 25.0 Å². The van der Waals surface area contributed by atoms with Crippen LogP contribution in [0.3, 0.4) is 0 Å². The van der Waals surface area contributed by atoms with Crippen molar-refractivity contribution in [3.63, 3.8) is 0 Å². The van der Waals surface area contributed by atoms with Crippen molar-refractivity contribution < 1.29 is 19.4 Å². The number of nitro groups is 2. The third kappa shape index (κ3) is 5.00. The predicted octanol–water partition coefficient (Wildman–Crippen LogP) is 4.02. The van der Waals surface area contributed by atoms with Gasteiger partial charge in [-0.3, -0.25) is 20.2 Å². The second kappa shape index (κ2) is 8.37. The van der Waals surface area contributed by atoms with Gasteiger partial charge >= 0.3 is 5.97 Å². The molecule has 0 unspecified atom stereocenters. The Labute approximate surface area is 139 Å². The Balaban J connectivity index is 1.91. The molecule has 0 amide bonds. The maximum atomic E-state index is 12.0. The van der Waals surface area contributed by atoms with Gasteiger partial charge in [0.05, 0.1) is 28.1 Å². The number of hydrogen-bond donors (Lipinski definition) is 0. The fraction of sp³-hybridized carbons (Fsp3) is 0.562. The topological polar surface area (TPSA) is 113 Å². The summed E-state index contributed by atoms with van der Waals surface area (Å²) in [5.74, 6) is -0.0956. The van der Waals surface area contributed by atoms with Gasteiger partial charge in [0.1, 0.15) is 0 Å². The molecule has 1 aliphatic carbocycles. The van der Waals surface area contributed by atoms with Crippen molar-refractivity contribution in [2.24, 2.45) is 5.92 Å². The molecule has 1 aromatic rings. The first kappa shape index (κ1) is 17.8. The molecule has 1 aromatic carbocycles. The van der Waals surface area contributed by atoms with E-state index in [1.54, 1.807) is 0 Å². The van der Waals surface area contributed by atoms with Gasteiger partial charge in [-0.25, -0.2) is 4.79 Å². The van der Waals surface area contributed by atoms with Crippen molar-refractivity contribution in [2.45, 2.75) is 44.9 Å². The molecule has 0 radical (unpaired) electrons. The lowest BCUT2D eigenvalue weighted by Crippen LogP contribution is -2.10. The summed E-state index contributed by atoms with van der Waals surface area (Å²) in [6.45, 7) is 0.214. The van der Waals surface area contributed by atoms with Crippen LogP contribution in [0, 0.1) is 26.1 Å². The highest BCUT2D eigenvalue weighted by Crippen LogP contribution is 2.27. The van der Waals surface area contributed by atoms with E-state index < -0.39 is 27.2 Å². The predicted molar refractivity (Wildman–Crippen MR) is 85.8 cm³/mol. The zero-order chi connectivity index (χ0) is 17.5. The minimum Gasteiger partial charge on any atom is -0.462 e. The fourth-order valence-electron chi connectivity index (χ4n) is 3.02. The Morgan fingerprint density at radius 1 is 1.04 bits per heavy atom. The SMILES string of the molecule is O=C(OCCCC1CCCCC1)c1cc([N+](=O)[O-])cc([N+](=O)[O-])c1. The van der Waals surface area contributed by atoms with Crippen molar-refractivity contribution in [2.75, 3.05) is 6.61 Å². The van der Waals surface area contributed by atoms with Crippen LogP contribution in [0.5, 0.6) is 0 Å². The average molecular weight is 336 g/mol. The first-order chi connectivity index (χ1) is 11.5. The van der Waals surface area contributed by atoms with Crippen molar-refractivity contribution in [1.29, 1.82) is 0 Å². The Kier molecular flexibility index (Phi) is 6.22. The third-order valence-electron chi connectivity index (χ3n) is 4.27. The third-order valence-corrected chi connectivity index (χ3v) is 4.27. The molecule has 0 spiro atoms. The van der Waals surface area contributed by atoms with Crippen LogP contribution in [-0.4, -0.2) is 22.4 Å². The molecule has 8 heteroatoms. The molecule has 2 rings (SSSR count). The zero-order valence-electron chi connectivity index (χ0n) is 13.3. The second-order valence-corrected chi connectivity index (χ2v) is 6.03. The van der Waals surface area contributed by atoms with E-state index in [0.29, 0.717) is 5.92 Å². The minimum absolute atomic E-state index is 0.173. The van der Waals surface area contributed by atoms with Crippen LogP contribution in [0.25, 0.3) is 0 Å². The molecule has 0 N–H and O–H groups in total. The molecule has 0 saturated heterocycles. The molecule has 8 nitrogen and oxygen atoms in total. The number of benzene rings is 1. The molecule has 130 valence electrons. The van der Waals surface area contributed by atoms with Gasteiger partial charge in [0.2, 0.25) is 0 Å². The number of carbonyl (C=O) groups is 1. The first-order valence-electron chi connectivity index (χ1n) is 8.08. The highest BCUT2D eigenvalue weighted by molar-refractivity contribution is 5.91. The molecule has 0 aromatic heterocycles. The van der Waals surface area contributed by atoms with Gasteiger partial charge in [0.25, 0.3) is 11.4 Å². The maximum absolute atomic E-state index is 12.0. The molecule has 1 aliphatic rings. The molecule has 0 aliphatic heterocycles. The van der Waals surface area contributed by atoms with Crippen molar-refractivity contribution >= 4 is 17.3 Å². The van der Waals surface area contributed by atoms with E-state index in [1.165, 1.54) is 32.1 Å². The molecule has 0 atom stereocenters. The number of nitrogens with zero attached hydrogens (tertiary/aromatic N) is 2. The second-order valence-electron chi connectivity index (χ2n) is 6.03. The van der Waals surface area contributed by atoms with Gasteiger partial charge in [-0.1, -0.05) is 32.1 Å². The Bertz CT molecular complexity index is 593. The molecular formula is C16H20N2O6. The zero-order valence-corrected chi connectivity index (χ0v) is 13.3. The summed E-state index contributed by atoms with van der Waals surface area (Å²) in [5.41, 5.74) is -1.18. The summed E-state index contributed by atoms with van der Waals surface area (Å²) in [6.07, 6.45) is 7.94. The lowest BCUT2D eigenvalue weighted by Gasteiger charge is -2.21. The monoisotopic (exact) mass is 336 g/mol. The fourth-order valence-corrected chi connectivity index (χ4v) is 3.02. The Hall–Kier alpha value is -2.51. The molecule has 0 heterocycles. The smallest absolute Gasteiger partial charge is 0.338 e. The van der Waals surface area contributed by atoms with Gasteiger partial charge < -0.3 is 4.74 Å². The van der Waals surface area contributed by atoms with Crippen LogP contribution in [0.1, 0.15) is 55.3 Å². The van der Waals surface area contributed by atoms with Crippen LogP contribution in [-0.2, 0) is 4.74 Å². The summed E-state index contributed by atoms with van der Waals surface area (Å²) in [6, 6.07) is 2.81. The van der Waals surface area contributed by atoms with Crippen LogP contribution in [0.15, 0.2) is 18.2 Å². The van der Waals surface area contributed by atoms with E-state index in [-0.39, 0.29) is 12.2 Å². The number of nitro benzene ring substituents is 2. The summed E-state index contributed by atoms with van der Waals surface area (Å²) in [5, 5.41) is 21.6. The van der Waals surface area contributed by atoms with Crippen LogP contribution in [0.2, 0.25) is 0 Å². The van der Waals surface area contributed by atoms with Crippen molar-refractivity contribution in [1.82, 2.24) is 0 Å². The summed E-state index contributed by atoms with van der Waals surface area (Å²) in [4.78, 5) is 32.1. The van der Waals surface area contributed by atoms with Crippen LogP contribution < -0.4 is 0 Å². The molecular weight excluding hydrogens is 316 g/mol. The summed E-state index contributed by atoms with van der Waals surface area (Å²) < 4.78 is 5.10. The van der Waals surface area contributed by atoms with Crippen LogP contribution in [0.4, 0.5) is 11.4 Å². The Morgan fingerprint density at radius 2 is 1.62 bits per heavy atom. The normalized spacial score (nSPS) is 15.0. The largest absolute Gasteiger partial charge is 0.462 e. The van der Waals surface area contributed by atoms with Gasteiger partial charge in [-0.2, -0.15) is 0 Å². The van der Waals surface area contributed by atoms with E-state index in [2.05, 4.69) is 0 Å². The number of esters is 1. The first-order valence-corrected chi connectivity index (χ1v) is 8.08. The van der Waals surface area contributed by atoms with Crippen LogP contribution >= 0.6 is 0 Å². The minimum atomic E-state index is -0.773. The maximum Gasteiger partial charge on any atom is 0.338 e. The van der Waals surface area contributed by atoms with Crippen molar-refractivity contribution in [3.05, 3.63) is 44.0 Å². The highest BCUT2D eigenvalue weighted by atomic mass is 16.6. The van der Waals surface area contributed by atoms with Gasteiger partial charge in [0, 0.05) is 12.1 Å². The average Bonchev–Trinajstić information content (AvgIpc) is 2.59. The number of non-ortho nitro benzene ring substituents is 2. The van der Waals surface area contributed by atoms with E-state index in [4.69, 9.17) is 4.74 Å². The number of carbonyl (C=O) groups excluding carboxylic acids is 1. The lowest BCUT2D eigenvalue weighted by atomic mass is 9.86. The molecule has 0 bridgehead atoms. The summed E-state index contributed by atoms with van der Waals surface area (Å²) >= 11 is 0. The summed E-state index contributed by atoms with van der Waals surface area (Å²) in [7, 11) is 0. The number of hydrogen-bond acceptors (Lipinski definition) is 6.